The zero-order valence-electron chi connectivity index (χ0n) is 8.87. The third-order valence-corrected chi connectivity index (χ3v) is 1.95. The van der Waals surface area contributed by atoms with E-state index >= 15 is 0 Å². The molecule has 0 saturated heterocycles. The summed E-state index contributed by atoms with van der Waals surface area (Å²) in [6, 6.07) is -0.204. The molecule has 0 aliphatic carbocycles. The first kappa shape index (κ1) is 13.0. The molecule has 0 fully saturated rings. The van der Waals surface area contributed by atoms with Gasteiger partial charge >= 0.3 is 6.18 Å². The molecule has 0 aliphatic heterocycles. The molecule has 1 aromatic rings. The number of rotatable bonds is 5. The second-order valence-corrected chi connectivity index (χ2v) is 3.47. The van der Waals surface area contributed by atoms with E-state index < -0.39 is 12.8 Å². The zero-order valence-corrected chi connectivity index (χ0v) is 8.87. The maximum absolute atomic E-state index is 11.8. The fraction of sp³-hybridized carbons (Fsp3) is 0.667. The summed E-state index contributed by atoms with van der Waals surface area (Å²) in [7, 11) is 0. The van der Waals surface area contributed by atoms with Crippen LogP contribution in [0.1, 0.15) is 18.7 Å². The van der Waals surface area contributed by atoms with E-state index in [4.69, 9.17) is 5.73 Å². The van der Waals surface area contributed by atoms with Crippen molar-refractivity contribution < 1.29 is 17.9 Å². The van der Waals surface area contributed by atoms with Crippen LogP contribution in [0.25, 0.3) is 0 Å². The van der Waals surface area contributed by atoms with Crippen molar-refractivity contribution in [2.24, 2.45) is 5.73 Å². The lowest BCUT2D eigenvalue weighted by atomic mass is 10.3. The highest BCUT2D eigenvalue weighted by Crippen LogP contribution is 2.14. The second-order valence-electron chi connectivity index (χ2n) is 3.47. The minimum Gasteiger partial charge on any atom is -0.370 e. The highest BCUT2D eigenvalue weighted by Gasteiger charge is 2.27. The smallest absolute Gasteiger partial charge is 0.370 e. The van der Waals surface area contributed by atoms with Crippen molar-refractivity contribution in [2.75, 3.05) is 13.2 Å². The predicted molar refractivity (Wildman–Crippen MR) is 51.7 cm³/mol. The van der Waals surface area contributed by atoms with Gasteiger partial charge in [-0.2, -0.15) is 13.2 Å². The summed E-state index contributed by atoms with van der Waals surface area (Å²) in [4.78, 5) is 3.88. The van der Waals surface area contributed by atoms with Gasteiger partial charge in [-0.1, -0.05) is 0 Å². The molecule has 0 amide bonds. The van der Waals surface area contributed by atoms with Crippen LogP contribution in [0.4, 0.5) is 13.2 Å². The number of ether oxygens (including phenoxy) is 1. The molecule has 1 rings (SSSR count). The molecule has 0 aliphatic rings. The molecule has 0 saturated carbocycles. The molecule has 0 radical (unpaired) electrons. The fourth-order valence-electron chi connectivity index (χ4n) is 1.25. The molecule has 0 unspecified atom stereocenters. The first-order valence-electron chi connectivity index (χ1n) is 4.80. The Morgan fingerprint density at radius 2 is 2.25 bits per heavy atom. The van der Waals surface area contributed by atoms with Crippen molar-refractivity contribution in [3.63, 3.8) is 0 Å². The Bertz CT molecular complexity index is 322. The Morgan fingerprint density at radius 3 is 2.81 bits per heavy atom. The minimum absolute atomic E-state index is 0.0183. The van der Waals surface area contributed by atoms with E-state index in [0.29, 0.717) is 6.54 Å². The lowest BCUT2D eigenvalue weighted by Crippen LogP contribution is -2.20. The predicted octanol–water partition coefficient (Wildman–Crippen LogP) is 1.48. The van der Waals surface area contributed by atoms with Crippen LogP contribution in [0.5, 0.6) is 0 Å². The van der Waals surface area contributed by atoms with E-state index in [0.717, 1.165) is 5.69 Å². The highest BCUT2D eigenvalue weighted by atomic mass is 19.4. The first-order valence-corrected chi connectivity index (χ1v) is 4.80. The molecule has 1 heterocycles. The minimum atomic E-state index is -4.28. The SMILES string of the molecule is C[C@H](N)c1cncn1CCOCC(F)(F)F. The number of nitrogens with zero attached hydrogens (tertiary/aromatic N) is 2. The van der Waals surface area contributed by atoms with Crippen molar-refractivity contribution in [2.45, 2.75) is 25.7 Å². The molecule has 0 bridgehead atoms. The zero-order chi connectivity index (χ0) is 12.2. The van der Waals surface area contributed by atoms with Gasteiger partial charge in [0.15, 0.2) is 0 Å². The Kier molecular flexibility index (Phi) is 4.31. The van der Waals surface area contributed by atoms with Gasteiger partial charge < -0.3 is 15.0 Å². The molecule has 0 spiro atoms. The van der Waals surface area contributed by atoms with Gasteiger partial charge in [0.2, 0.25) is 0 Å². The summed E-state index contributed by atoms with van der Waals surface area (Å²) in [5.41, 5.74) is 6.42. The van der Waals surface area contributed by atoms with Gasteiger partial charge in [0.05, 0.1) is 18.6 Å². The number of imidazole rings is 1. The van der Waals surface area contributed by atoms with Crippen molar-refractivity contribution in [3.8, 4) is 0 Å². The lowest BCUT2D eigenvalue weighted by Gasteiger charge is -2.11. The van der Waals surface area contributed by atoms with Gasteiger partial charge in [-0.15, -0.1) is 0 Å². The largest absolute Gasteiger partial charge is 0.411 e. The number of hydrogen-bond acceptors (Lipinski definition) is 3. The second kappa shape index (κ2) is 5.31. The van der Waals surface area contributed by atoms with Gasteiger partial charge in [0.25, 0.3) is 0 Å². The summed E-state index contributed by atoms with van der Waals surface area (Å²) < 4.78 is 41.5. The number of halogens is 3. The Morgan fingerprint density at radius 1 is 1.56 bits per heavy atom. The Labute approximate surface area is 91.2 Å². The van der Waals surface area contributed by atoms with Crippen LogP contribution in [0, 0.1) is 0 Å². The van der Waals surface area contributed by atoms with E-state index in [9.17, 15) is 13.2 Å². The lowest BCUT2D eigenvalue weighted by molar-refractivity contribution is -0.174. The van der Waals surface area contributed by atoms with E-state index in [1.54, 1.807) is 17.7 Å². The molecule has 2 N–H and O–H groups in total. The van der Waals surface area contributed by atoms with Crippen molar-refractivity contribution in [1.29, 1.82) is 0 Å². The number of aromatic nitrogens is 2. The Hall–Kier alpha value is -1.08. The Balaban J connectivity index is 2.35. The maximum atomic E-state index is 11.8. The monoisotopic (exact) mass is 237 g/mol. The van der Waals surface area contributed by atoms with Crippen LogP contribution < -0.4 is 5.73 Å². The summed E-state index contributed by atoms with van der Waals surface area (Å²) in [6.07, 6.45) is -1.16. The van der Waals surface area contributed by atoms with Crippen LogP contribution in [-0.4, -0.2) is 28.9 Å². The summed E-state index contributed by atoms with van der Waals surface area (Å²) in [6.45, 7) is 0.849. The van der Waals surface area contributed by atoms with Gasteiger partial charge in [-0.05, 0) is 6.92 Å². The third-order valence-electron chi connectivity index (χ3n) is 1.95. The molecule has 92 valence electrons. The summed E-state index contributed by atoms with van der Waals surface area (Å²) >= 11 is 0. The molecular formula is C9H14F3N3O. The quantitative estimate of drug-likeness (QED) is 0.789. The maximum Gasteiger partial charge on any atom is 0.411 e. The van der Waals surface area contributed by atoms with Crippen molar-refractivity contribution in [1.82, 2.24) is 9.55 Å². The fourth-order valence-corrected chi connectivity index (χ4v) is 1.25. The average Bonchev–Trinajstić information content (AvgIpc) is 2.58. The number of alkyl halides is 3. The summed E-state index contributed by atoms with van der Waals surface area (Å²) in [5.74, 6) is 0. The van der Waals surface area contributed by atoms with Crippen LogP contribution in [0.2, 0.25) is 0 Å². The van der Waals surface area contributed by atoms with E-state index in [1.165, 1.54) is 6.33 Å². The standard InChI is InChI=1S/C9H14F3N3O/c1-7(13)8-4-14-6-15(8)2-3-16-5-9(10,11)12/h4,6-7H,2-3,5,13H2,1H3/t7-/m0/s1. The highest BCUT2D eigenvalue weighted by molar-refractivity contribution is 5.02. The van der Waals surface area contributed by atoms with Gasteiger partial charge in [0, 0.05) is 18.8 Å². The number of hydrogen-bond donors (Lipinski definition) is 1. The molecule has 0 aromatic carbocycles. The van der Waals surface area contributed by atoms with Gasteiger partial charge in [-0.25, -0.2) is 4.98 Å². The van der Waals surface area contributed by atoms with Crippen LogP contribution in [-0.2, 0) is 11.3 Å². The third kappa shape index (κ3) is 4.19. The van der Waals surface area contributed by atoms with Crippen LogP contribution in [0.15, 0.2) is 12.5 Å². The molecule has 16 heavy (non-hydrogen) atoms. The first-order chi connectivity index (χ1) is 7.40. The van der Waals surface area contributed by atoms with Crippen molar-refractivity contribution >= 4 is 0 Å². The average molecular weight is 237 g/mol. The molecule has 1 aromatic heterocycles. The molecule has 7 heteroatoms. The van der Waals surface area contributed by atoms with Crippen molar-refractivity contribution in [3.05, 3.63) is 18.2 Å². The normalized spacial score (nSPS) is 14.1. The van der Waals surface area contributed by atoms with E-state index in [1.807, 2.05) is 0 Å². The van der Waals surface area contributed by atoms with Gasteiger partial charge in [-0.3, -0.25) is 0 Å². The van der Waals surface area contributed by atoms with Gasteiger partial charge in [0.1, 0.15) is 6.61 Å². The summed E-state index contributed by atoms with van der Waals surface area (Å²) in [5, 5.41) is 0. The molecule has 1 atom stereocenters. The van der Waals surface area contributed by atoms with Crippen LogP contribution >= 0.6 is 0 Å². The molecule has 4 nitrogen and oxygen atoms in total. The van der Waals surface area contributed by atoms with E-state index in [-0.39, 0.29) is 12.6 Å². The molecular weight excluding hydrogens is 223 g/mol. The van der Waals surface area contributed by atoms with Crippen LogP contribution in [0.3, 0.4) is 0 Å². The van der Waals surface area contributed by atoms with E-state index in [2.05, 4.69) is 9.72 Å². The number of nitrogens with two attached hydrogens (primary N) is 1. The topological polar surface area (TPSA) is 53.1 Å².